The van der Waals surface area contributed by atoms with Gasteiger partial charge in [0.25, 0.3) is 10.0 Å². The third kappa shape index (κ3) is 4.69. The Labute approximate surface area is 136 Å². The summed E-state index contributed by atoms with van der Waals surface area (Å²) in [7, 11) is -2.10. The van der Waals surface area contributed by atoms with Crippen molar-refractivity contribution in [2.75, 3.05) is 11.8 Å². The van der Waals surface area contributed by atoms with Crippen LogP contribution < -0.4 is 10.0 Å². The van der Waals surface area contributed by atoms with E-state index >= 15 is 0 Å². The van der Waals surface area contributed by atoms with Gasteiger partial charge >= 0.3 is 0 Å². The van der Waals surface area contributed by atoms with Gasteiger partial charge < -0.3 is 5.32 Å². The van der Waals surface area contributed by atoms with E-state index in [1.54, 1.807) is 43.5 Å². The van der Waals surface area contributed by atoms with Gasteiger partial charge in [-0.1, -0.05) is 24.3 Å². The molecule has 5 nitrogen and oxygen atoms in total. The Morgan fingerprint density at radius 3 is 2.39 bits per heavy atom. The number of sulfonamides is 1. The Morgan fingerprint density at radius 1 is 1.09 bits per heavy atom. The van der Waals surface area contributed by atoms with Gasteiger partial charge in [0.05, 0.1) is 4.90 Å². The van der Waals surface area contributed by atoms with Gasteiger partial charge in [0, 0.05) is 18.8 Å². The summed E-state index contributed by atoms with van der Waals surface area (Å²) < 4.78 is 27.2. The maximum Gasteiger partial charge on any atom is 0.261 e. The fraction of sp³-hybridized carbons (Fsp3) is 0.118. The van der Waals surface area contributed by atoms with Crippen LogP contribution >= 0.6 is 0 Å². The van der Waals surface area contributed by atoms with Gasteiger partial charge in [0.1, 0.15) is 0 Å². The summed E-state index contributed by atoms with van der Waals surface area (Å²) in [4.78, 5) is 11.3. The molecule has 1 amide bonds. The van der Waals surface area contributed by atoms with Crippen LogP contribution in [0.4, 0.5) is 5.69 Å². The monoisotopic (exact) mass is 330 g/mol. The van der Waals surface area contributed by atoms with E-state index in [1.807, 2.05) is 13.0 Å². The van der Waals surface area contributed by atoms with E-state index in [2.05, 4.69) is 10.0 Å². The van der Waals surface area contributed by atoms with Gasteiger partial charge in [-0.05, 0) is 48.4 Å². The topological polar surface area (TPSA) is 75.3 Å². The van der Waals surface area contributed by atoms with Crippen molar-refractivity contribution >= 4 is 27.7 Å². The smallest absolute Gasteiger partial charge is 0.261 e. The molecule has 2 N–H and O–H groups in total. The van der Waals surface area contributed by atoms with Crippen LogP contribution in [0.5, 0.6) is 0 Å². The van der Waals surface area contributed by atoms with Gasteiger partial charge in [0.2, 0.25) is 5.91 Å². The molecule has 6 heteroatoms. The average Bonchev–Trinajstić information content (AvgIpc) is 2.52. The van der Waals surface area contributed by atoms with Crippen LogP contribution in [0.2, 0.25) is 0 Å². The molecule has 0 aliphatic carbocycles. The Kier molecular flexibility index (Phi) is 5.18. The van der Waals surface area contributed by atoms with Crippen molar-refractivity contribution in [1.29, 1.82) is 0 Å². The van der Waals surface area contributed by atoms with Crippen molar-refractivity contribution in [3.8, 4) is 0 Å². The van der Waals surface area contributed by atoms with Crippen molar-refractivity contribution in [1.82, 2.24) is 5.32 Å². The lowest BCUT2D eigenvalue weighted by atomic mass is 10.2. The molecule has 0 heterocycles. The van der Waals surface area contributed by atoms with Crippen molar-refractivity contribution < 1.29 is 13.2 Å². The number of benzene rings is 2. The zero-order valence-electron chi connectivity index (χ0n) is 12.9. The quantitative estimate of drug-likeness (QED) is 0.827. The number of rotatable bonds is 5. The lowest BCUT2D eigenvalue weighted by Crippen LogP contribution is -2.14. The molecule has 0 saturated heterocycles. The van der Waals surface area contributed by atoms with Crippen LogP contribution in [0.25, 0.3) is 6.08 Å². The fourth-order valence-electron chi connectivity index (χ4n) is 1.94. The number of nitrogens with one attached hydrogen (secondary N) is 2. The molecule has 23 heavy (non-hydrogen) atoms. The summed E-state index contributed by atoms with van der Waals surface area (Å²) in [6.07, 6.45) is 3.00. The third-order valence-electron chi connectivity index (χ3n) is 3.13. The number of aryl methyl sites for hydroxylation is 1. The van der Waals surface area contributed by atoms with Gasteiger partial charge in [-0.15, -0.1) is 0 Å². The molecule has 0 saturated carbocycles. The van der Waals surface area contributed by atoms with Gasteiger partial charge in [-0.25, -0.2) is 8.42 Å². The minimum atomic E-state index is -3.64. The highest BCUT2D eigenvalue weighted by atomic mass is 32.2. The number of anilines is 1. The molecule has 2 rings (SSSR count). The van der Waals surface area contributed by atoms with Gasteiger partial charge in [0.15, 0.2) is 0 Å². The summed E-state index contributed by atoms with van der Waals surface area (Å²) in [5.74, 6) is -0.220. The first-order chi connectivity index (χ1) is 10.9. The molecule has 0 radical (unpaired) electrons. The normalized spacial score (nSPS) is 11.4. The second-order valence-electron chi connectivity index (χ2n) is 4.99. The lowest BCUT2D eigenvalue weighted by molar-refractivity contribution is -0.115. The molecule has 2 aromatic carbocycles. The van der Waals surface area contributed by atoms with Crippen molar-refractivity contribution in [3.63, 3.8) is 0 Å². The van der Waals surface area contributed by atoms with E-state index in [4.69, 9.17) is 0 Å². The number of amides is 1. The van der Waals surface area contributed by atoms with Crippen molar-refractivity contribution in [2.24, 2.45) is 0 Å². The molecule has 120 valence electrons. The van der Waals surface area contributed by atoms with E-state index in [0.29, 0.717) is 5.69 Å². The van der Waals surface area contributed by atoms with Crippen LogP contribution in [0.15, 0.2) is 59.5 Å². The molecule has 0 aliphatic heterocycles. The SMILES string of the molecule is CNC(=O)/C=C/c1ccc(S(=O)(=O)Nc2cccc(C)c2)cc1. The summed E-state index contributed by atoms with van der Waals surface area (Å²) in [5, 5.41) is 2.47. The molecule has 0 aliphatic rings. The second kappa shape index (κ2) is 7.11. The summed E-state index contributed by atoms with van der Waals surface area (Å²) in [5.41, 5.74) is 2.23. The highest BCUT2D eigenvalue weighted by molar-refractivity contribution is 7.92. The molecule has 0 bridgehead atoms. The molecule has 0 atom stereocenters. The Balaban J connectivity index is 2.17. The number of hydrogen-bond acceptors (Lipinski definition) is 3. The van der Waals surface area contributed by atoms with Crippen LogP contribution in [-0.2, 0) is 14.8 Å². The second-order valence-corrected chi connectivity index (χ2v) is 6.67. The lowest BCUT2D eigenvalue weighted by Gasteiger charge is -2.09. The molecule has 0 unspecified atom stereocenters. The van der Waals surface area contributed by atoms with E-state index < -0.39 is 10.0 Å². The number of carbonyl (C=O) groups excluding carboxylic acids is 1. The van der Waals surface area contributed by atoms with Crippen LogP contribution in [-0.4, -0.2) is 21.4 Å². The van der Waals surface area contributed by atoms with Crippen LogP contribution in [0, 0.1) is 6.92 Å². The molecule has 0 aromatic heterocycles. The van der Waals surface area contributed by atoms with E-state index in [0.717, 1.165) is 11.1 Å². The Morgan fingerprint density at radius 2 is 1.78 bits per heavy atom. The van der Waals surface area contributed by atoms with E-state index in [9.17, 15) is 13.2 Å². The third-order valence-corrected chi connectivity index (χ3v) is 4.53. The number of carbonyl (C=O) groups is 1. The Hall–Kier alpha value is -2.60. The first-order valence-electron chi connectivity index (χ1n) is 7.00. The first-order valence-corrected chi connectivity index (χ1v) is 8.48. The molecular formula is C17H18N2O3S. The molecule has 0 spiro atoms. The van der Waals surface area contributed by atoms with Crippen molar-refractivity contribution in [3.05, 3.63) is 65.7 Å². The summed E-state index contributed by atoms with van der Waals surface area (Å²) in [6.45, 7) is 1.89. The van der Waals surface area contributed by atoms with Gasteiger partial charge in [-0.3, -0.25) is 9.52 Å². The van der Waals surface area contributed by atoms with Gasteiger partial charge in [-0.2, -0.15) is 0 Å². The zero-order chi connectivity index (χ0) is 16.9. The minimum absolute atomic E-state index is 0.163. The average molecular weight is 330 g/mol. The predicted molar refractivity (Wildman–Crippen MR) is 91.5 cm³/mol. The molecular weight excluding hydrogens is 312 g/mol. The van der Waals surface area contributed by atoms with Crippen LogP contribution in [0.1, 0.15) is 11.1 Å². The first kappa shape index (κ1) is 16.8. The molecule has 2 aromatic rings. The summed E-state index contributed by atoms with van der Waals surface area (Å²) in [6, 6.07) is 13.4. The highest BCUT2D eigenvalue weighted by Crippen LogP contribution is 2.17. The summed E-state index contributed by atoms with van der Waals surface area (Å²) >= 11 is 0. The highest BCUT2D eigenvalue weighted by Gasteiger charge is 2.13. The van der Waals surface area contributed by atoms with Crippen LogP contribution in [0.3, 0.4) is 0 Å². The fourth-order valence-corrected chi connectivity index (χ4v) is 2.99. The minimum Gasteiger partial charge on any atom is -0.356 e. The number of hydrogen-bond donors (Lipinski definition) is 2. The maximum atomic E-state index is 12.3. The zero-order valence-corrected chi connectivity index (χ0v) is 13.7. The van der Waals surface area contributed by atoms with E-state index in [1.165, 1.54) is 18.2 Å². The van der Waals surface area contributed by atoms with E-state index in [-0.39, 0.29) is 10.8 Å². The predicted octanol–water partition coefficient (Wildman–Crippen LogP) is 2.56. The standard InChI is InChI=1S/C17H18N2O3S/c1-13-4-3-5-15(12-13)19-23(21,22)16-9-6-14(7-10-16)8-11-17(20)18-2/h3-12,19H,1-2H3,(H,18,20)/b11-8+. The maximum absolute atomic E-state index is 12.3. The molecule has 0 fully saturated rings. The number of likely N-dealkylation sites (N-methyl/N-ethyl adjacent to an activating group) is 1. The largest absolute Gasteiger partial charge is 0.356 e. The van der Waals surface area contributed by atoms with Crippen molar-refractivity contribution in [2.45, 2.75) is 11.8 Å². The Bertz CT molecular complexity index is 825.